The highest BCUT2D eigenvalue weighted by molar-refractivity contribution is 4.87. The number of nitrogens with zero attached hydrogens (tertiary/aromatic N) is 3. The van der Waals surface area contributed by atoms with Crippen molar-refractivity contribution in [3.05, 3.63) is 11.7 Å². The third-order valence-corrected chi connectivity index (χ3v) is 3.77. The minimum absolute atomic E-state index is 0.723. The first-order valence-electron chi connectivity index (χ1n) is 7.92. The summed E-state index contributed by atoms with van der Waals surface area (Å²) in [5, 5.41) is 7.54. The Morgan fingerprint density at radius 3 is 3.00 bits per heavy atom. The summed E-state index contributed by atoms with van der Waals surface area (Å²) in [6.45, 7) is 11.9. The molecule has 0 bridgehead atoms. The van der Waals surface area contributed by atoms with Gasteiger partial charge in [0.2, 0.25) is 5.89 Å². The van der Waals surface area contributed by atoms with Crippen LogP contribution in [0, 0.1) is 11.8 Å². The van der Waals surface area contributed by atoms with Gasteiger partial charge in [-0.3, -0.25) is 4.90 Å². The Kier molecular flexibility index (Phi) is 5.98. The van der Waals surface area contributed by atoms with E-state index in [1.54, 1.807) is 0 Å². The molecule has 0 spiro atoms. The maximum absolute atomic E-state index is 5.29. The third-order valence-electron chi connectivity index (χ3n) is 3.77. The fraction of sp³-hybridized carbons (Fsp3) is 0.867. The van der Waals surface area contributed by atoms with E-state index in [4.69, 9.17) is 4.52 Å². The summed E-state index contributed by atoms with van der Waals surface area (Å²) in [7, 11) is 0. The number of nitrogens with one attached hydrogen (secondary N) is 1. The van der Waals surface area contributed by atoms with Crippen molar-refractivity contribution in [2.75, 3.05) is 26.2 Å². The Balaban J connectivity index is 1.75. The molecule has 1 unspecified atom stereocenters. The SMILES string of the molecule is CCc1noc(CN2CCCC(CNCC(C)C)C2)n1. The number of hydrogen-bond donors (Lipinski definition) is 1. The Morgan fingerprint density at radius 1 is 1.45 bits per heavy atom. The minimum Gasteiger partial charge on any atom is -0.338 e. The average molecular weight is 280 g/mol. The maximum Gasteiger partial charge on any atom is 0.240 e. The Hall–Kier alpha value is -0.940. The molecule has 1 N–H and O–H groups in total. The fourth-order valence-electron chi connectivity index (χ4n) is 2.73. The maximum atomic E-state index is 5.29. The fourth-order valence-corrected chi connectivity index (χ4v) is 2.73. The van der Waals surface area contributed by atoms with Gasteiger partial charge in [0.1, 0.15) is 0 Å². The van der Waals surface area contributed by atoms with Gasteiger partial charge in [-0.1, -0.05) is 25.9 Å². The van der Waals surface area contributed by atoms with E-state index in [-0.39, 0.29) is 0 Å². The van der Waals surface area contributed by atoms with Crippen molar-refractivity contribution >= 4 is 0 Å². The number of aryl methyl sites for hydroxylation is 1. The number of rotatable bonds is 7. The highest BCUT2D eigenvalue weighted by atomic mass is 16.5. The predicted molar refractivity (Wildman–Crippen MR) is 79.4 cm³/mol. The first-order valence-corrected chi connectivity index (χ1v) is 7.92. The molecule has 1 atom stereocenters. The lowest BCUT2D eigenvalue weighted by Gasteiger charge is -2.32. The number of piperidine rings is 1. The van der Waals surface area contributed by atoms with Gasteiger partial charge in [0, 0.05) is 13.0 Å². The lowest BCUT2D eigenvalue weighted by molar-refractivity contribution is 0.148. The highest BCUT2D eigenvalue weighted by Gasteiger charge is 2.21. The van der Waals surface area contributed by atoms with Gasteiger partial charge < -0.3 is 9.84 Å². The van der Waals surface area contributed by atoms with Gasteiger partial charge >= 0.3 is 0 Å². The van der Waals surface area contributed by atoms with Gasteiger partial charge in [-0.15, -0.1) is 0 Å². The Bertz CT molecular complexity index is 391. The highest BCUT2D eigenvalue weighted by Crippen LogP contribution is 2.17. The van der Waals surface area contributed by atoms with Crippen LogP contribution >= 0.6 is 0 Å². The number of aromatic nitrogens is 2. The van der Waals surface area contributed by atoms with Crippen LogP contribution in [0.5, 0.6) is 0 Å². The zero-order valence-electron chi connectivity index (χ0n) is 13.1. The first kappa shape index (κ1) is 15.4. The van der Waals surface area contributed by atoms with E-state index in [1.807, 2.05) is 6.92 Å². The normalized spacial score (nSPS) is 20.7. The molecule has 0 saturated carbocycles. The molecule has 1 aromatic rings. The van der Waals surface area contributed by atoms with E-state index in [0.29, 0.717) is 0 Å². The molecule has 5 heteroatoms. The van der Waals surface area contributed by atoms with Gasteiger partial charge in [0.25, 0.3) is 0 Å². The molecule has 0 aliphatic carbocycles. The minimum atomic E-state index is 0.723. The van der Waals surface area contributed by atoms with Crippen LogP contribution in [-0.2, 0) is 13.0 Å². The Labute approximate surface area is 122 Å². The van der Waals surface area contributed by atoms with Crippen molar-refractivity contribution in [1.29, 1.82) is 0 Å². The zero-order chi connectivity index (χ0) is 14.4. The number of likely N-dealkylation sites (tertiary alicyclic amines) is 1. The van der Waals surface area contributed by atoms with Crippen molar-refractivity contribution in [2.45, 2.75) is 46.6 Å². The second-order valence-electron chi connectivity index (χ2n) is 6.25. The van der Waals surface area contributed by atoms with Crippen LogP contribution in [0.1, 0.15) is 45.3 Å². The molecule has 20 heavy (non-hydrogen) atoms. The molecule has 1 fully saturated rings. The smallest absolute Gasteiger partial charge is 0.240 e. The Morgan fingerprint density at radius 2 is 2.30 bits per heavy atom. The van der Waals surface area contributed by atoms with Crippen LogP contribution in [0.2, 0.25) is 0 Å². The molecule has 0 amide bonds. The summed E-state index contributed by atoms with van der Waals surface area (Å²) in [6.07, 6.45) is 3.43. The molecule has 0 aromatic carbocycles. The molecule has 1 aliphatic heterocycles. The van der Waals surface area contributed by atoms with Crippen LogP contribution in [0.15, 0.2) is 4.52 Å². The van der Waals surface area contributed by atoms with Crippen LogP contribution < -0.4 is 5.32 Å². The third kappa shape index (κ3) is 4.87. The van der Waals surface area contributed by atoms with Gasteiger partial charge in [0.15, 0.2) is 5.82 Å². The quantitative estimate of drug-likeness (QED) is 0.829. The largest absolute Gasteiger partial charge is 0.338 e. The zero-order valence-corrected chi connectivity index (χ0v) is 13.1. The van der Waals surface area contributed by atoms with Crippen LogP contribution in [0.4, 0.5) is 0 Å². The second-order valence-corrected chi connectivity index (χ2v) is 6.25. The van der Waals surface area contributed by atoms with E-state index in [0.717, 1.165) is 62.7 Å². The number of hydrogen-bond acceptors (Lipinski definition) is 5. The molecule has 1 saturated heterocycles. The van der Waals surface area contributed by atoms with E-state index >= 15 is 0 Å². The van der Waals surface area contributed by atoms with E-state index in [1.165, 1.54) is 12.8 Å². The van der Waals surface area contributed by atoms with E-state index < -0.39 is 0 Å². The average Bonchev–Trinajstić information content (AvgIpc) is 2.86. The molecule has 2 heterocycles. The molecule has 114 valence electrons. The standard InChI is InChI=1S/C15H28N4O/c1-4-14-17-15(20-18-14)11-19-7-5-6-13(10-19)9-16-8-12(2)3/h12-13,16H,4-11H2,1-3H3. The summed E-state index contributed by atoms with van der Waals surface area (Å²) >= 11 is 0. The monoisotopic (exact) mass is 280 g/mol. The first-order chi connectivity index (χ1) is 9.67. The summed E-state index contributed by atoms with van der Waals surface area (Å²) in [4.78, 5) is 6.84. The summed E-state index contributed by atoms with van der Waals surface area (Å²) in [5.41, 5.74) is 0. The molecular weight excluding hydrogens is 252 g/mol. The van der Waals surface area contributed by atoms with Gasteiger partial charge in [-0.05, 0) is 44.3 Å². The van der Waals surface area contributed by atoms with E-state index in [9.17, 15) is 0 Å². The van der Waals surface area contributed by atoms with Crippen molar-refractivity contribution in [2.24, 2.45) is 11.8 Å². The van der Waals surface area contributed by atoms with Crippen molar-refractivity contribution < 1.29 is 4.52 Å². The molecule has 5 nitrogen and oxygen atoms in total. The lowest BCUT2D eigenvalue weighted by atomic mass is 9.98. The van der Waals surface area contributed by atoms with Crippen LogP contribution in [0.3, 0.4) is 0 Å². The van der Waals surface area contributed by atoms with Gasteiger partial charge in [-0.2, -0.15) is 4.98 Å². The summed E-state index contributed by atoms with van der Waals surface area (Å²) in [6, 6.07) is 0. The predicted octanol–water partition coefficient (Wildman–Crippen LogP) is 2.09. The van der Waals surface area contributed by atoms with Crippen LogP contribution in [0.25, 0.3) is 0 Å². The summed E-state index contributed by atoms with van der Waals surface area (Å²) < 4.78 is 5.29. The van der Waals surface area contributed by atoms with Crippen LogP contribution in [-0.4, -0.2) is 41.2 Å². The van der Waals surface area contributed by atoms with Gasteiger partial charge in [-0.25, -0.2) is 0 Å². The second kappa shape index (κ2) is 7.74. The molecule has 2 rings (SSSR count). The van der Waals surface area contributed by atoms with Crippen molar-refractivity contribution in [3.8, 4) is 0 Å². The van der Waals surface area contributed by atoms with Crippen molar-refractivity contribution in [1.82, 2.24) is 20.4 Å². The molecule has 1 aliphatic rings. The molecule has 1 aromatic heterocycles. The van der Waals surface area contributed by atoms with Gasteiger partial charge in [0.05, 0.1) is 6.54 Å². The topological polar surface area (TPSA) is 54.2 Å². The summed E-state index contributed by atoms with van der Waals surface area (Å²) in [5.74, 6) is 3.04. The van der Waals surface area contributed by atoms with Crippen molar-refractivity contribution in [3.63, 3.8) is 0 Å². The van der Waals surface area contributed by atoms with E-state index in [2.05, 4.69) is 34.2 Å². The molecular formula is C15H28N4O. The lowest BCUT2D eigenvalue weighted by Crippen LogP contribution is -2.39. The molecule has 0 radical (unpaired) electrons.